The first-order chi connectivity index (χ1) is 18.5. The summed E-state index contributed by atoms with van der Waals surface area (Å²) in [6.45, 7) is 0. The fourth-order valence-corrected chi connectivity index (χ4v) is 4.76. The Bertz CT molecular complexity index is 1480. The second-order valence-corrected chi connectivity index (χ2v) is 9.64. The van der Waals surface area contributed by atoms with Crippen LogP contribution in [0.15, 0.2) is 54.9 Å². The Hall–Kier alpha value is -4.02. The van der Waals surface area contributed by atoms with Gasteiger partial charge in [-0.25, -0.2) is 4.98 Å². The van der Waals surface area contributed by atoms with Gasteiger partial charge in [0.05, 0.1) is 17.4 Å². The Morgan fingerprint density at radius 3 is 2.84 bits per heavy atom. The number of amides is 2. The lowest BCUT2D eigenvalue weighted by Gasteiger charge is -2.16. The number of aromatic nitrogens is 6. The summed E-state index contributed by atoms with van der Waals surface area (Å²) in [6.07, 6.45) is 7.96. The van der Waals surface area contributed by atoms with Crippen molar-refractivity contribution in [1.29, 1.82) is 0 Å². The zero-order valence-electron chi connectivity index (χ0n) is 20.2. The fourth-order valence-electron chi connectivity index (χ4n) is 4.34. The highest BCUT2D eigenvalue weighted by molar-refractivity contribution is 6.32. The number of nitrogens with zero attached hydrogens (tertiary/aromatic N) is 5. The minimum atomic E-state index is -0.409. The van der Waals surface area contributed by atoms with Crippen molar-refractivity contribution in [3.05, 3.63) is 76.4 Å². The van der Waals surface area contributed by atoms with Crippen LogP contribution in [0.25, 0.3) is 23.0 Å². The van der Waals surface area contributed by atoms with Gasteiger partial charge in [0.15, 0.2) is 0 Å². The van der Waals surface area contributed by atoms with Crippen LogP contribution in [0.3, 0.4) is 0 Å². The Morgan fingerprint density at radius 1 is 1.13 bits per heavy atom. The van der Waals surface area contributed by atoms with Crippen LogP contribution < -0.4 is 10.6 Å². The van der Waals surface area contributed by atoms with Gasteiger partial charge in [-0.05, 0) is 53.6 Å². The Kier molecular flexibility index (Phi) is 7.81. The molecular weight excluding hydrogens is 527 g/mol. The second kappa shape index (κ2) is 11.6. The third-order valence-corrected chi connectivity index (χ3v) is 6.69. The van der Waals surface area contributed by atoms with Crippen LogP contribution >= 0.6 is 23.2 Å². The van der Waals surface area contributed by atoms with Crippen molar-refractivity contribution in [2.45, 2.75) is 38.1 Å². The molecule has 3 heterocycles. The van der Waals surface area contributed by atoms with Gasteiger partial charge >= 0.3 is 0 Å². The van der Waals surface area contributed by atoms with Crippen LogP contribution in [0.5, 0.6) is 0 Å². The van der Waals surface area contributed by atoms with Gasteiger partial charge in [-0.3, -0.25) is 9.59 Å². The molecule has 12 heteroatoms. The third-order valence-electron chi connectivity index (χ3n) is 6.18. The molecule has 1 atom stereocenters. The van der Waals surface area contributed by atoms with Gasteiger partial charge < -0.3 is 15.6 Å². The van der Waals surface area contributed by atoms with Crippen molar-refractivity contribution in [2.24, 2.45) is 0 Å². The summed E-state index contributed by atoms with van der Waals surface area (Å²) in [5.41, 5.74) is 3.20. The van der Waals surface area contributed by atoms with Crippen molar-refractivity contribution in [3.8, 4) is 16.9 Å². The summed E-state index contributed by atoms with van der Waals surface area (Å²) in [7, 11) is 0. The van der Waals surface area contributed by atoms with Crippen LogP contribution in [-0.2, 0) is 9.59 Å². The number of carbonyl (C=O) groups is 2. The van der Waals surface area contributed by atoms with Gasteiger partial charge in [0.2, 0.25) is 11.8 Å². The van der Waals surface area contributed by atoms with E-state index >= 15 is 0 Å². The summed E-state index contributed by atoms with van der Waals surface area (Å²) < 4.78 is 1.49. The molecule has 2 amide bonds. The van der Waals surface area contributed by atoms with E-state index in [1.165, 1.54) is 17.1 Å². The zero-order valence-corrected chi connectivity index (χ0v) is 21.7. The summed E-state index contributed by atoms with van der Waals surface area (Å²) in [5.74, 6) is 0.179. The van der Waals surface area contributed by atoms with E-state index in [1.54, 1.807) is 24.3 Å². The number of hydrogen-bond acceptors (Lipinski definition) is 6. The summed E-state index contributed by atoms with van der Waals surface area (Å²) in [6, 6.07) is 12.2. The Morgan fingerprint density at radius 2 is 2.00 bits per heavy atom. The lowest BCUT2D eigenvalue weighted by Crippen LogP contribution is -2.27. The smallest absolute Gasteiger partial charge is 0.244 e. The normalized spacial score (nSPS) is 16.2. The molecule has 10 nitrogen and oxygen atoms in total. The van der Waals surface area contributed by atoms with Gasteiger partial charge in [-0.15, -0.1) is 5.10 Å². The van der Waals surface area contributed by atoms with E-state index in [0.29, 0.717) is 57.0 Å². The van der Waals surface area contributed by atoms with Gasteiger partial charge in [0.1, 0.15) is 23.0 Å². The van der Waals surface area contributed by atoms with Gasteiger partial charge in [0.25, 0.3) is 0 Å². The summed E-state index contributed by atoms with van der Waals surface area (Å²) in [5, 5.41) is 18.1. The van der Waals surface area contributed by atoms with Crippen LogP contribution in [0.4, 0.5) is 5.69 Å². The number of H-pyrrole nitrogens is 1. The molecule has 0 spiro atoms. The second-order valence-electron chi connectivity index (χ2n) is 8.83. The number of para-hydroxylation sites is 1. The maximum absolute atomic E-state index is 13.0. The summed E-state index contributed by atoms with van der Waals surface area (Å²) >= 11 is 12.7. The van der Waals surface area contributed by atoms with Crippen LogP contribution in [-0.4, -0.2) is 42.0 Å². The zero-order chi connectivity index (χ0) is 26.5. The number of rotatable bonds is 4. The molecule has 2 aromatic carbocycles. The molecule has 0 saturated carbocycles. The van der Waals surface area contributed by atoms with Crippen LogP contribution in [0, 0.1) is 0 Å². The first kappa shape index (κ1) is 25.6. The minimum absolute atomic E-state index is 0.0550. The van der Waals surface area contributed by atoms with Gasteiger partial charge in [-0.2, -0.15) is 4.68 Å². The highest BCUT2D eigenvalue weighted by atomic mass is 35.5. The standard InChI is InChI=1S/C26H24Cl2N8O2/c27-17-11-12-21(36-15-29-34-35-36)16(14-17)10-13-23(38)31-20-8-2-1-3-9-22(37)30-19-7-5-4-6-18(19)24-25(28)33-26(20)32-24/h4-7,10-15,20H,1-3,8-9H2,(H,30,37)(H,31,38)(H,32,33)/t20-/m0/s1. The van der Waals surface area contributed by atoms with Crippen LogP contribution in [0.2, 0.25) is 10.2 Å². The van der Waals surface area contributed by atoms with Crippen molar-refractivity contribution in [2.75, 3.05) is 5.32 Å². The number of fused-ring (bicyclic) bond motifs is 4. The first-order valence-electron chi connectivity index (χ1n) is 12.1. The number of anilines is 1. The monoisotopic (exact) mass is 550 g/mol. The SMILES string of the molecule is O=C(C=Cc1cc(Cl)ccc1-n1cnnn1)N[C@H]1CCCCCC(=O)Nc2ccccc2-c2nc1[nH]c2Cl. The average Bonchev–Trinajstić information content (AvgIpc) is 3.57. The third kappa shape index (κ3) is 5.92. The lowest BCUT2D eigenvalue weighted by molar-refractivity contribution is -0.117. The molecule has 4 aromatic rings. The molecule has 2 aromatic heterocycles. The number of carbonyl (C=O) groups excluding carboxylic acids is 2. The molecule has 1 aliphatic heterocycles. The lowest BCUT2D eigenvalue weighted by atomic mass is 10.1. The molecule has 2 bridgehead atoms. The largest absolute Gasteiger partial charge is 0.343 e. The predicted octanol–water partition coefficient (Wildman–Crippen LogP) is 5.13. The average molecular weight is 551 g/mol. The van der Waals surface area contributed by atoms with Crippen molar-refractivity contribution in [3.63, 3.8) is 0 Å². The summed E-state index contributed by atoms with van der Waals surface area (Å²) in [4.78, 5) is 33.3. The van der Waals surface area contributed by atoms with E-state index in [-0.39, 0.29) is 11.8 Å². The molecule has 0 fully saturated rings. The van der Waals surface area contributed by atoms with E-state index in [1.807, 2.05) is 24.3 Å². The molecular formula is C26H24Cl2N8O2. The maximum atomic E-state index is 13.0. The Labute approximate surface area is 228 Å². The minimum Gasteiger partial charge on any atom is -0.343 e. The van der Waals surface area contributed by atoms with Gasteiger partial charge in [-0.1, -0.05) is 54.2 Å². The molecule has 38 heavy (non-hydrogen) atoms. The van der Waals surface area contributed by atoms with E-state index in [4.69, 9.17) is 28.2 Å². The number of tetrazole rings is 1. The van der Waals surface area contributed by atoms with E-state index < -0.39 is 6.04 Å². The number of hydrogen-bond donors (Lipinski definition) is 3. The highest BCUT2D eigenvalue weighted by Crippen LogP contribution is 2.34. The number of aromatic amines is 1. The first-order valence-corrected chi connectivity index (χ1v) is 12.9. The quantitative estimate of drug-likeness (QED) is 0.302. The Balaban J connectivity index is 1.41. The topological polar surface area (TPSA) is 130 Å². The molecule has 1 aliphatic rings. The molecule has 5 rings (SSSR count). The molecule has 0 radical (unpaired) electrons. The molecule has 3 N–H and O–H groups in total. The van der Waals surface area contributed by atoms with Gasteiger partial charge in [0, 0.05) is 28.6 Å². The van der Waals surface area contributed by atoms with E-state index in [2.05, 4.69) is 31.1 Å². The predicted molar refractivity (Wildman–Crippen MR) is 145 cm³/mol. The van der Waals surface area contributed by atoms with E-state index in [9.17, 15) is 9.59 Å². The number of nitrogens with one attached hydrogen (secondary N) is 3. The fraction of sp³-hybridized carbons (Fsp3) is 0.231. The van der Waals surface area contributed by atoms with Crippen LogP contribution in [0.1, 0.15) is 49.5 Å². The van der Waals surface area contributed by atoms with Crippen molar-refractivity contribution >= 4 is 46.8 Å². The molecule has 0 saturated heterocycles. The number of halogens is 2. The highest BCUT2D eigenvalue weighted by Gasteiger charge is 2.22. The molecule has 0 unspecified atom stereocenters. The molecule has 194 valence electrons. The van der Waals surface area contributed by atoms with Crippen molar-refractivity contribution in [1.82, 2.24) is 35.5 Å². The van der Waals surface area contributed by atoms with Crippen molar-refractivity contribution < 1.29 is 9.59 Å². The van der Waals surface area contributed by atoms with E-state index in [0.717, 1.165) is 19.3 Å². The number of imidazole rings is 1. The maximum Gasteiger partial charge on any atom is 0.244 e. The molecule has 0 aliphatic carbocycles. The number of benzene rings is 2.